The van der Waals surface area contributed by atoms with E-state index in [2.05, 4.69) is 5.48 Å². The molecule has 0 saturated heterocycles. The van der Waals surface area contributed by atoms with E-state index < -0.39 is 5.91 Å². The molecule has 0 aliphatic heterocycles. The van der Waals surface area contributed by atoms with Crippen molar-refractivity contribution < 1.29 is 19.5 Å². The van der Waals surface area contributed by atoms with Gasteiger partial charge in [0.15, 0.2) is 0 Å². The summed E-state index contributed by atoms with van der Waals surface area (Å²) in [5.74, 6) is -0.236. The first-order valence-corrected chi connectivity index (χ1v) is 8.60. The van der Waals surface area contributed by atoms with Gasteiger partial charge in [0, 0.05) is 5.56 Å². The lowest BCUT2D eigenvalue weighted by atomic mass is 10.0. The molecule has 5 nitrogen and oxygen atoms in total. The molecule has 0 aliphatic carbocycles. The number of para-hydroxylation sites is 1. The number of hydrogen-bond donors (Lipinski definition) is 2. The van der Waals surface area contributed by atoms with Gasteiger partial charge in [0.25, 0.3) is 5.91 Å². The van der Waals surface area contributed by atoms with Crippen molar-refractivity contribution in [2.75, 3.05) is 7.11 Å². The van der Waals surface area contributed by atoms with Crippen molar-refractivity contribution in [3.63, 3.8) is 0 Å². The van der Waals surface area contributed by atoms with Gasteiger partial charge in [-0.25, -0.2) is 5.48 Å². The van der Waals surface area contributed by atoms with Gasteiger partial charge in [-0.15, -0.1) is 0 Å². The minimum absolute atomic E-state index is 0.0291. The van der Waals surface area contributed by atoms with E-state index in [-0.39, 0.29) is 22.9 Å². The first-order valence-electron chi connectivity index (χ1n) is 8.22. The summed E-state index contributed by atoms with van der Waals surface area (Å²) in [7, 11) is 1.56. The van der Waals surface area contributed by atoms with Gasteiger partial charge in [0.1, 0.15) is 18.1 Å². The summed E-state index contributed by atoms with van der Waals surface area (Å²) in [6.45, 7) is 0.114. The maximum Gasteiger partial charge on any atom is 0.278 e. The average molecular weight is 384 g/mol. The first kappa shape index (κ1) is 18.8. The lowest BCUT2D eigenvalue weighted by molar-refractivity contribution is 0.0225. The molecule has 0 heterocycles. The molecule has 2 N–H and O–H groups in total. The maximum atomic E-state index is 12.5. The van der Waals surface area contributed by atoms with Crippen molar-refractivity contribution in [3.8, 4) is 22.6 Å². The maximum absolute atomic E-state index is 12.5. The number of hydrogen-bond acceptors (Lipinski definition) is 4. The van der Waals surface area contributed by atoms with Gasteiger partial charge in [0.05, 0.1) is 17.7 Å². The van der Waals surface area contributed by atoms with Crippen molar-refractivity contribution in [2.24, 2.45) is 0 Å². The number of rotatable bonds is 6. The van der Waals surface area contributed by atoms with Gasteiger partial charge in [-0.3, -0.25) is 9.63 Å². The van der Waals surface area contributed by atoms with Crippen LogP contribution in [0.5, 0.6) is 11.5 Å². The lowest BCUT2D eigenvalue weighted by Gasteiger charge is -2.12. The zero-order chi connectivity index (χ0) is 19.2. The molecular weight excluding hydrogens is 366 g/mol. The second-order valence-electron chi connectivity index (χ2n) is 5.75. The van der Waals surface area contributed by atoms with Gasteiger partial charge in [-0.1, -0.05) is 60.1 Å². The van der Waals surface area contributed by atoms with Crippen LogP contribution in [0.2, 0.25) is 5.02 Å². The Morgan fingerprint density at radius 2 is 1.74 bits per heavy atom. The molecule has 138 valence electrons. The second kappa shape index (κ2) is 8.58. The van der Waals surface area contributed by atoms with Crippen LogP contribution >= 0.6 is 11.6 Å². The van der Waals surface area contributed by atoms with Crippen LogP contribution in [0.25, 0.3) is 11.1 Å². The average Bonchev–Trinajstić information content (AvgIpc) is 2.70. The highest BCUT2D eigenvalue weighted by Gasteiger charge is 2.17. The monoisotopic (exact) mass is 383 g/mol. The number of hydroxylamine groups is 1. The molecule has 1 amide bonds. The molecule has 3 aromatic rings. The molecule has 3 rings (SSSR count). The van der Waals surface area contributed by atoms with Gasteiger partial charge < -0.3 is 9.84 Å². The summed E-state index contributed by atoms with van der Waals surface area (Å²) in [4.78, 5) is 17.7. The molecule has 6 heteroatoms. The highest BCUT2D eigenvalue weighted by atomic mass is 35.5. The third-order valence-electron chi connectivity index (χ3n) is 4.00. The summed E-state index contributed by atoms with van der Waals surface area (Å²) in [5, 5.41) is 10.3. The van der Waals surface area contributed by atoms with Crippen LogP contribution in [0.3, 0.4) is 0 Å². The number of amides is 1. The highest BCUT2D eigenvalue weighted by Crippen LogP contribution is 2.33. The summed E-state index contributed by atoms with van der Waals surface area (Å²) < 4.78 is 5.24. The van der Waals surface area contributed by atoms with Crippen molar-refractivity contribution >= 4 is 17.5 Å². The molecule has 0 atom stereocenters. The second-order valence-corrected chi connectivity index (χ2v) is 6.16. The predicted molar refractivity (Wildman–Crippen MR) is 104 cm³/mol. The van der Waals surface area contributed by atoms with Crippen molar-refractivity contribution in [2.45, 2.75) is 6.61 Å². The smallest absolute Gasteiger partial charge is 0.278 e. The standard InChI is InChI=1S/C21H18ClNO4/c1-26-19-10-6-5-9-15(19)13-27-23-21(25)17-11-16(12-18(22)20(17)24)14-7-3-2-4-8-14/h2-12,24H,13H2,1H3,(H,23,25). The van der Waals surface area contributed by atoms with E-state index in [1.54, 1.807) is 25.3 Å². The van der Waals surface area contributed by atoms with E-state index in [1.807, 2.05) is 48.5 Å². The molecule has 0 radical (unpaired) electrons. The van der Waals surface area contributed by atoms with Crippen molar-refractivity contribution in [1.29, 1.82) is 0 Å². The zero-order valence-electron chi connectivity index (χ0n) is 14.6. The van der Waals surface area contributed by atoms with E-state index in [0.29, 0.717) is 11.3 Å². The third-order valence-corrected chi connectivity index (χ3v) is 4.29. The van der Waals surface area contributed by atoms with Crippen LogP contribution in [-0.2, 0) is 11.4 Å². The Morgan fingerprint density at radius 1 is 1.04 bits per heavy atom. The number of phenolic OH excluding ortho intramolecular Hbond substituents is 1. The van der Waals surface area contributed by atoms with Crippen LogP contribution in [-0.4, -0.2) is 18.1 Å². The number of carbonyl (C=O) groups is 1. The Morgan fingerprint density at radius 3 is 2.48 bits per heavy atom. The van der Waals surface area contributed by atoms with E-state index in [1.165, 1.54) is 0 Å². The normalized spacial score (nSPS) is 10.4. The topological polar surface area (TPSA) is 67.8 Å². The Balaban J connectivity index is 1.75. The highest BCUT2D eigenvalue weighted by molar-refractivity contribution is 6.33. The number of phenols is 1. The quantitative estimate of drug-likeness (QED) is 0.611. The summed E-state index contributed by atoms with van der Waals surface area (Å²) in [6, 6.07) is 19.9. The van der Waals surface area contributed by atoms with Crippen molar-refractivity contribution in [1.82, 2.24) is 5.48 Å². The molecule has 0 aliphatic rings. The summed E-state index contributed by atoms with van der Waals surface area (Å²) in [5.41, 5.74) is 4.73. The molecule has 0 saturated carbocycles. The van der Waals surface area contributed by atoms with E-state index in [0.717, 1.165) is 11.1 Å². The van der Waals surface area contributed by atoms with Gasteiger partial charge in [0.2, 0.25) is 0 Å². The first-order chi connectivity index (χ1) is 13.1. The minimum atomic E-state index is -0.595. The number of methoxy groups -OCH3 is 1. The molecule has 0 spiro atoms. The van der Waals surface area contributed by atoms with E-state index in [9.17, 15) is 9.90 Å². The van der Waals surface area contributed by atoms with Crippen LogP contribution in [0, 0.1) is 0 Å². The Labute approximate surface area is 162 Å². The van der Waals surface area contributed by atoms with Crippen LogP contribution in [0.15, 0.2) is 66.7 Å². The van der Waals surface area contributed by atoms with Crippen LogP contribution in [0.4, 0.5) is 0 Å². The van der Waals surface area contributed by atoms with E-state index in [4.69, 9.17) is 21.2 Å². The number of carbonyl (C=O) groups excluding carboxylic acids is 1. The fraction of sp³-hybridized carbons (Fsp3) is 0.0952. The number of benzene rings is 3. The van der Waals surface area contributed by atoms with Crippen molar-refractivity contribution in [3.05, 3.63) is 82.9 Å². The fourth-order valence-corrected chi connectivity index (χ4v) is 2.85. The van der Waals surface area contributed by atoms with E-state index >= 15 is 0 Å². The molecule has 0 unspecified atom stereocenters. The number of nitrogens with one attached hydrogen (secondary N) is 1. The molecule has 27 heavy (non-hydrogen) atoms. The lowest BCUT2D eigenvalue weighted by Crippen LogP contribution is -2.24. The zero-order valence-corrected chi connectivity index (χ0v) is 15.4. The number of aromatic hydroxyl groups is 1. The number of halogens is 1. The van der Waals surface area contributed by atoms with Gasteiger partial charge in [-0.2, -0.15) is 0 Å². The van der Waals surface area contributed by atoms with Gasteiger partial charge >= 0.3 is 0 Å². The Bertz CT molecular complexity index is 944. The number of ether oxygens (including phenoxy) is 1. The third kappa shape index (κ3) is 4.39. The predicted octanol–water partition coefficient (Wildman–Crippen LogP) is 4.58. The SMILES string of the molecule is COc1ccccc1CONC(=O)c1cc(-c2ccccc2)cc(Cl)c1O. The Hall–Kier alpha value is -3.02. The fourth-order valence-electron chi connectivity index (χ4n) is 2.63. The summed E-state index contributed by atoms with van der Waals surface area (Å²) in [6.07, 6.45) is 0. The molecule has 3 aromatic carbocycles. The van der Waals surface area contributed by atoms with Crippen LogP contribution < -0.4 is 10.2 Å². The van der Waals surface area contributed by atoms with Gasteiger partial charge in [-0.05, 0) is 29.3 Å². The largest absolute Gasteiger partial charge is 0.506 e. The summed E-state index contributed by atoms with van der Waals surface area (Å²) >= 11 is 6.10. The molecule has 0 fully saturated rings. The van der Waals surface area contributed by atoms with Crippen LogP contribution in [0.1, 0.15) is 15.9 Å². The molecule has 0 bridgehead atoms. The molecule has 0 aromatic heterocycles. The minimum Gasteiger partial charge on any atom is -0.506 e. The molecular formula is C21H18ClNO4. The Kier molecular flexibility index (Phi) is 5.96.